The Morgan fingerprint density at radius 3 is 2.49 bits per heavy atom. The minimum Gasteiger partial charge on any atom is -0.463 e. The highest BCUT2D eigenvalue weighted by atomic mass is 35.5. The number of nitrogens with one attached hydrogen (secondary N) is 2. The fourth-order valence-electron chi connectivity index (χ4n) is 4.15. The standard InChI is InChI=1S/C29H29ClN4O5/c1-4-38-28(36)25-23(31-29(37)32-26(25)21-8-6-5-7-9-21)17-39-24(35)15-14-22-19(3)33-34(27(22)30)16-20-12-10-18(2)11-13-20/h5-15,26H,4,16-17H2,1-3H3,(H2,31,32,37)/b15-14+/t26-/m0/s1. The molecule has 39 heavy (non-hydrogen) atoms. The third-order valence-electron chi connectivity index (χ3n) is 6.09. The normalized spacial score (nSPS) is 15.2. The van der Waals surface area contributed by atoms with E-state index < -0.39 is 24.0 Å². The van der Waals surface area contributed by atoms with Gasteiger partial charge in [0.2, 0.25) is 0 Å². The molecule has 0 radical (unpaired) electrons. The molecule has 202 valence electrons. The Kier molecular flexibility index (Phi) is 8.83. The molecule has 2 N–H and O–H groups in total. The first-order valence-corrected chi connectivity index (χ1v) is 12.8. The topological polar surface area (TPSA) is 112 Å². The lowest BCUT2D eigenvalue weighted by Gasteiger charge is -2.29. The molecule has 0 saturated carbocycles. The van der Waals surface area contributed by atoms with Crippen LogP contribution in [0.15, 0.2) is 71.9 Å². The first-order chi connectivity index (χ1) is 18.8. The van der Waals surface area contributed by atoms with E-state index in [0.717, 1.165) is 11.1 Å². The van der Waals surface area contributed by atoms with Crippen molar-refractivity contribution in [1.82, 2.24) is 20.4 Å². The molecule has 0 spiro atoms. The molecule has 0 saturated heterocycles. The Hall–Kier alpha value is -4.37. The number of halogens is 1. The molecule has 0 unspecified atom stereocenters. The number of urea groups is 1. The van der Waals surface area contributed by atoms with Crippen LogP contribution in [-0.2, 0) is 25.6 Å². The number of carbonyl (C=O) groups is 3. The highest BCUT2D eigenvalue weighted by molar-refractivity contribution is 6.31. The summed E-state index contributed by atoms with van der Waals surface area (Å²) >= 11 is 6.55. The van der Waals surface area contributed by atoms with Gasteiger partial charge in [-0.2, -0.15) is 5.10 Å². The SMILES string of the molecule is CCOC(=O)C1=C(COC(=O)/C=C/c2c(C)nn(Cc3ccc(C)cc3)c2Cl)NC(=O)N[C@H]1c1ccccc1. The van der Waals surface area contributed by atoms with E-state index >= 15 is 0 Å². The van der Waals surface area contributed by atoms with Crippen molar-refractivity contribution in [3.05, 3.63) is 105 Å². The van der Waals surface area contributed by atoms with Crippen molar-refractivity contribution in [3.8, 4) is 0 Å². The van der Waals surface area contributed by atoms with Crippen molar-refractivity contribution in [2.45, 2.75) is 33.4 Å². The number of amides is 2. The van der Waals surface area contributed by atoms with Crippen LogP contribution in [-0.4, -0.2) is 41.0 Å². The van der Waals surface area contributed by atoms with Gasteiger partial charge in [-0.05, 0) is 38.0 Å². The summed E-state index contributed by atoms with van der Waals surface area (Å²) in [6.45, 7) is 5.79. The second-order valence-electron chi connectivity index (χ2n) is 8.93. The van der Waals surface area contributed by atoms with E-state index in [9.17, 15) is 14.4 Å². The Morgan fingerprint density at radius 2 is 1.79 bits per heavy atom. The summed E-state index contributed by atoms with van der Waals surface area (Å²) in [5.41, 5.74) is 4.44. The van der Waals surface area contributed by atoms with Crippen LogP contribution in [0.5, 0.6) is 0 Å². The predicted molar refractivity (Wildman–Crippen MR) is 147 cm³/mol. The second kappa shape index (κ2) is 12.4. The van der Waals surface area contributed by atoms with Gasteiger partial charge < -0.3 is 20.1 Å². The number of rotatable bonds is 9. The van der Waals surface area contributed by atoms with E-state index in [1.807, 2.05) is 37.3 Å². The average molecular weight is 549 g/mol. The highest BCUT2D eigenvalue weighted by Gasteiger charge is 2.34. The van der Waals surface area contributed by atoms with Crippen LogP contribution in [0.3, 0.4) is 0 Å². The van der Waals surface area contributed by atoms with E-state index in [-0.39, 0.29) is 24.5 Å². The first kappa shape index (κ1) is 27.7. The Labute approximate surface area is 231 Å². The molecule has 4 rings (SSSR count). The van der Waals surface area contributed by atoms with Crippen molar-refractivity contribution >= 4 is 35.6 Å². The van der Waals surface area contributed by atoms with Crippen molar-refractivity contribution in [3.63, 3.8) is 0 Å². The summed E-state index contributed by atoms with van der Waals surface area (Å²) in [6.07, 6.45) is 2.77. The monoisotopic (exact) mass is 548 g/mol. The van der Waals surface area contributed by atoms with Gasteiger partial charge in [0.15, 0.2) is 0 Å². The molecule has 2 amide bonds. The van der Waals surface area contributed by atoms with Crippen molar-refractivity contribution in [2.24, 2.45) is 0 Å². The molecule has 2 aromatic carbocycles. The van der Waals surface area contributed by atoms with E-state index in [2.05, 4.69) is 15.7 Å². The van der Waals surface area contributed by atoms with Gasteiger partial charge in [-0.1, -0.05) is 71.8 Å². The number of aromatic nitrogens is 2. The number of esters is 2. The zero-order valence-electron chi connectivity index (χ0n) is 21.9. The third kappa shape index (κ3) is 6.74. The molecule has 1 aromatic heterocycles. The van der Waals surface area contributed by atoms with Crippen LogP contribution in [0.1, 0.15) is 40.9 Å². The Morgan fingerprint density at radius 1 is 1.08 bits per heavy atom. The molecule has 0 bridgehead atoms. The Bertz CT molecular complexity index is 1430. The maximum Gasteiger partial charge on any atom is 0.338 e. The molecule has 9 nitrogen and oxygen atoms in total. The quantitative estimate of drug-likeness (QED) is 0.298. The molecule has 1 atom stereocenters. The minimum atomic E-state index is -0.760. The number of nitrogens with zero attached hydrogens (tertiary/aromatic N) is 2. The van der Waals surface area contributed by atoms with E-state index in [4.69, 9.17) is 21.1 Å². The zero-order valence-corrected chi connectivity index (χ0v) is 22.6. The average Bonchev–Trinajstić information content (AvgIpc) is 3.19. The van der Waals surface area contributed by atoms with Gasteiger partial charge in [-0.15, -0.1) is 0 Å². The maximum absolute atomic E-state index is 12.8. The van der Waals surface area contributed by atoms with Crippen LogP contribution in [0.25, 0.3) is 6.08 Å². The number of ether oxygens (including phenoxy) is 2. The Balaban J connectivity index is 1.50. The van der Waals surface area contributed by atoms with Gasteiger partial charge >= 0.3 is 18.0 Å². The number of carbonyl (C=O) groups excluding carboxylic acids is 3. The molecule has 1 aliphatic rings. The van der Waals surface area contributed by atoms with Crippen LogP contribution in [0.4, 0.5) is 4.79 Å². The smallest absolute Gasteiger partial charge is 0.338 e. The lowest BCUT2D eigenvalue weighted by molar-refractivity contribution is -0.140. The van der Waals surface area contributed by atoms with E-state index in [1.165, 1.54) is 12.2 Å². The molecule has 1 aliphatic heterocycles. The minimum absolute atomic E-state index is 0.144. The molecule has 0 aliphatic carbocycles. The number of hydrogen-bond donors (Lipinski definition) is 2. The summed E-state index contributed by atoms with van der Waals surface area (Å²) in [6, 6.07) is 15.8. The number of benzene rings is 2. The predicted octanol–water partition coefficient (Wildman–Crippen LogP) is 4.63. The van der Waals surface area contributed by atoms with Gasteiger partial charge in [0.1, 0.15) is 11.8 Å². The molecule has 0 fully saturated rings. The lowest BCUT2D eigenvalue weighted by atomic mass is 9.95. The van der Waals surface area contributed by atoms with Gasteiger partial charge in [0, 0.05) is 11.6 Å². The van der Waals surface area contributed by atoms with Gasteiger partial charge in [-0.25, -0.2) is 19.1 Å². The highest BCUT2D eigenvalue weighted by Crippen LogP contribution is 2.28. The van der Waals surface area contributed by atoms with E-state index in [0.29, 0.717) is 28.5 Å². The summed E-state index contributed by atoms with van der Waals surface area (Å²) in [5.74, 6) is -1.31. The third-order valence-corrected chi connectivity index (χ3v) is 6.49. The zero-order chi connectivity index (χ0) is 27.9. The largest absolute Gasteiger partial charge is 0.463 e. The summed E-state index contributed by atoms with van der Waals surface area (Å²) in [5, 5.41) is 10.2. The summed E-state index contributed by atoms with van der Waals surface area (Å²) in [7, 11) is 0. The lowest BCUT2D eigenvalue weighted by Crippen LogP contribution is -2.47. The molecular formula is C29H29ClN4O5. The van der Waals surface area contributed by atoms with E-state index in [1.54, 1.807) is 42.8 Å². The van der Waals surface area contributed by atoms with Crippen LogP contribution in [0.2, 0.25) is 5.15 Å². The van der Waals surface area contributed by atoms with Crippen LogP contribution in [0, 0.1) is 13.8 Å². The fourth-order valence-corrected chi connectivity index (χ4v) is 4.44. The van der Waals surface area contributed by atoms with Crippen LogP contribution >= 0.6 is 11.6 Å². The number of hydrogen-bond acceptors (Lipinski definition) is 6. The van der Waals surface area contributed by atoms with Gasteiger partial charge in [-0.3, -0.25) is 0 Å². The maximum atomic E-state index is 12.8. The first-order valence-electron chi connectivity index (χ1n) is 12.4. The van der Waals surface area contributed by atoms with Crippen molar-refractivity contribution in [2.75, 3.05) is 13.2 Å². The van der Waals surface area contributed by atoms with Crippen molar-refractivity contribution < 1.29 is 23.9 Å². The van der Waals surface area contributed by atoms with Crippen LogP contribution < -0.4 is 10.6 Å². The molecule has 10 heteroatoms. The molecular weight excluding hydrogens is 520 g/mol. The van der Waals surface area contributed by atoms with Gasteiger partial charge in [0.25, 0.3) is 0 Å². The van der Waals surface area contributed by atoms with Gasteiger partial charge in [0.05, 0.1) is 36.2 Å². The summed E-state index contributed by atoms with van der Waals surface area (Å²) < 4.78 is 12.3. The van der Waals surface area contributed by atoms with Crippen molar-refractivity contribution in [1.29, 1.82) is 0 Å². The fraction of sp³-hybridized carbons (Fsp3) is 0.241. The molecule has 3 aromatic rings. The second-order valence-corrected chi connectivity index (χ2v) is 9.29. The summed E-state index contributed by atoms with van der Waals surface area (Å²) in [4.78, 5) is 37.8. The number of aryl methyl sites for hydroxylation is 2. The molecule has 2 heterocycles.